The van der Waals surface area contributed by atoms with E-state index >= 15 is 0 Å². The quantitative estimate of drug-likeness (QED) is 0.816. The van der Waals surface area contributed by atoms with E-state index < -0.39 is 0 Å². The summed E-state index contributed by atoms with van der Waals surface area (Å²) in [5, 5.41) is 3.02. The Morgan fingerprint density at radius 1 is 1.22 bits per heavy atom. The van der Waals surface area contributed by atoms with Crippen LogP contribution in [0.25, 0.3) is 11.4 Å². The van der Waals surface area contributed by atoms with Gasteiger partial charge in [0.15, 0.2) is 11.6 Å². The maximum Gasteiger partial charge on any atom is 0.159 e. The van der Waals surface area contributed by atoms with E-state index in [2.05, 4.69) is 34.3 Å². The van der Waals surface area contributed by atoms with Gasteiger partial charge < -0.3 is 10.1 Å². The van der Waals surface area contributed by atoms with Crippen LogP contribution in [0, 0.1) is 6.92 Å². The molecule has 1 heterocycles. The Kier molecular flexibility index (Phi) is 4.25. The van der Waals surface area contributed by atoms with Gasteiger partial charge in [-0.2, -0.15) is 0 Å². The van der Waals surface area contributed by atoms with Crippen molar-refractivity contribution in [3.8, 4) is 17.1 Å². The zero-order chi connectivity index (χ0) is 12.8. The first-order chi connectivity index (χ1) is 8.79. The van der Waals surface area contributed by atoms with Crippen LogP contribution in [0.3, 0.4) is 0 Å². The fourth-order valence-corrected chi connectivity index (χ4v) is 1.59. The molecule has 0 spiro atoms. The third kappa shape index (κ3) is 3.28. The number of ether oxygens (including phenoxy) is 1. The largest absolute Gasteiger partial charge is 0.489 e. The number of rotatable bonds is 5. The summed E-state index contributed by atoms with van der Waals surface area (Å²) in [6.45, 7) is 3.47. The van der Waals surface area contributed by atoms with E-state index in [4.69, 9.17) is 4.74 Å². The fourth-order valence-electron chi connectivity index (χ4n) is 1.59. The number of nitrogens with zero attached hydrogens (tertiary/aromatic N) is 2. The molecule has 4 heteroatoms. The normalized spacial score (nSPS) is 10.3. The highest BCUT2D eigenvalue weighted by Crippen LogP contribution is 2.17. The predicted molar refractivity (Wildman–Crippen MR) is 71.6 cm³/mol. The lowest BCUT2D eigenvalue weighted by molar-refractivity contribution is 0.316. The molecule has 2 rings (SSSR count). The van der Waals surface area contributed by atoms with Crippen LogP contribution >= 0.6 is 0 Å². The first-order valence-electron chi connectivity index (χ1n) is 5.96. The van der Waals surface area contributed by atoms with Crippen molar-refractivity contribution in [2.75, 3.05) is 20.2 Å². The van der Waals surface area contributed by atoms with Gasteiger partial charge in [0.2, 0.25) is 0 Å². The van der Waals surface area contributed by atoms with Crippen LogP contribution in [0.2, 0.25) is 0 Å². The zero-order valence-corrected chi connectivity index (χ0v) is 10.7. The molecular formula is C14H17N3O. The van der Waals surface area contributed by atoms with Crippen LogP contribution in [0.4, 0.5) is 0 Å². The summed E-state index contributed by atoms with van der Waals surface area (Å²) in [5.41, 5.74) is 2.22. The lowest BCUT2D eigenvalue weighted by atomic mass is 10.1. The lowest BCUT2D eigenvalue weighted by Crippen LogP contribution is -2.16. The number of likely N-dealkylation sites (N-methyl/N-ethyl adjacent to an activating group) is 1. The van der Waals surface area contributed by atoms with Gasteiger partial charge in [-0.3, -0.25) is 0 Å². The minimum atomic E-state index is 0.615. The number of aromatic nitrogens is 2. The number of benzene rings is 1. The zero-order valence-electron chi connectivity index (χ0n) is 10.7. The Morgan fingerprint density at radius 3 is 2.67 bits per heavy atom. The van der Waals surface area contributed by atoms with Crippen molar-refractivity contribution in [2.45, 2.75) is 6.92 Å². The monoisotopic (exact) mass is 243 g/mol. The van der Waals surface area contributed by atoms with E-state index in [1.807, 2.05) is 19.2 Å². The van der Waals surface area contributed by atoms with Gasteiger partial charge in [0.1, 0.15) is 6.61 Å². The van der Waals surface area contributed by atoms with Crippen LogP contribution in [0.15, 0.2) is 36.7 Å². The van der Waals surface area contributed by atoms with Gasteiger partial charge in [0.05, 0.1) is 12.4 Å². The summed E-state index contributed by atoms with van der Waals surface area (Å²) in [6, 6.07) is 8.13. The second kappa shape index (κ2) is 6.12. The second-order valence-corrected chi connectivity index (χ2v) is 4.06. The minimum absolute atomic E-state index is 0.615. The summed E-state index contributed by atoms with van der Waals surface area (Å²) in [7, 11) is 1.89. The Morgan fingerprint density at radius 2 is 2.00 bits per heavy atom. The van der Waals surface area contributed by atoms with Crippen LogP contribution < -0.4 is 10.1 Å². The van der Waals surface area contributed by atoms with Crippen molar-refractivity contribution < 1.29 is 4.74 Å². The van der Waals surface area contributed by atoms with Crippen molar-refractivity contribution in [1.29, 1.82) is 0 Å². The van der Waals surface area contributed by atoms with Crippen LogP contribution in [0.5, 0.6) is 5.75 Å². The maximum absolute atomic E-state index is 5.47. The summed E-state index contributed by atoms with van der Waals surface area (Å²) >= 11 is 0. The van der Waals surface area contributed by atoms with Gasteiger partial charge in [0.25, 0.3) is 0 Å². The Bertz CT molecular complexity index is 497. The Balaban J connectivity index is 2.07. The SMILES string of the molecule is CNCCOc1cnc(-c2cccc(C)c2)nc1. The summed E-state index contributed by atoms with van der Waals surface area (Å²) in [5.74, 6) is 1.42. The molecule has 0 aliphatic carbocycles. The summed E-state index contributed by atoms with van der Waals surface area (Å²) < 4.78 is 5.47. The topological polar surface area (TPSA) is 47.0 Å². The highest BCUT2D eigenvalue weighted by atomic mass is 16.5. The molecule has 0 saturated carbocycles. The third-order valence-electron chi connectivity index (χ3n) is 2.53. The predicted octanol–water partition coefficient (Wildman–Crippen LogP) is 2.05. The molecular weight excluding hydrogens is 226 g/mol. The molecule has 0 aliphatic rings. The van der Waals surface area contributed by atoms with Crippen LogP contribution in [-0.4, -0.2) is 30.2 Å². The van der Waals surface area contributed by atoms with E-state index in [0.29, 0.717) is 12.4 Å². The molecule has 0 fully saturated rings. The smallest absolute Gasteiger partial charge is 0.159 e. The lowest BCUT2D eigenvalue weighted by Gasteiger charge is -2.06. The fraction of sp³-hybridized carbons (Fsp3) is 0.286. The number of aryl methyl sites for hydroxylation is 1. The molecule has 0 aliphatic heterocycles. The number of hydrogen-bond acceptors (Lipinski definition) is 4. The minimum Gasteiger partial charge on any atom is -0.489 e. The van der Waals surface area contributed by atoms with Gasteiger partial charge in [-0.1, -0.05) is 23.8 Å². The molecule has 4 nitrogen and oxygen atoms in total. The molecule has 0 atom stereocenters. The molecule has 0 saturated heterocycles. The van der Waals surface area contributed by atoms with Crippen molar-refractivity contribution in [3.05, 3.63) is 42.2 Å². The summed E-state index contributed by atoms with van der Waals surface area (Å²) in [4.78, 5) is 8.62. The van der Waals surface area contributed by atoms with Crippen molar-refractivity contribution in [3.63, 3.8) is 0 Å². The highest BCUT2D eigenvalue weighted by molar-refractivity contribution is 5.55. The van der Waals surface area contributed by atoms with E-state index in [1.165, 1.54) is 5.56 Å². The number of hydrogen-bond donors (Lipinski definition) is 1. The summed E-state index contributed by atoms with van der Waals surface area (Å²) in [6.07, 6.45) is 3.42. The van der Waals surface area contributed by atoms with Crippen molar-refractivity contribution >= 4 is 0 Å². The molecule has 94 valence electrons. The molecule has 0 radical (unpaired) electrons. The van der Waals surface area contributed by atoms with Crippen molar-refractivity contribution in [2.24, 2.45) is 0 Å². The highest BCUT2D eigenvalue weighted by Gasteiger charge is 2.01. The Hall–Kier alpha value is -1.94. The average molecular weight is 243 g/mol. The third-order valence-corrected chi connectivity index (χ3v) is 2.53. The van der Waals surface area contributed by atoms with E-state index in [1.54, 1.807) is 12.4 Å². The molecule has 0 amide bonds. The molecule has 0 bridgehead atoms. The van der Waals surface area contributed by atoms with E-state index in [9.17, 15) is 0 Å². The van der Waals surface area contributed by atoms with Gasteiger partial charge in [-0.05, 0) is 20.0 Å². The van der Waals surface area contributed by atoms with Crippen LogP contribution in [-0.2, 0) is 0 Å². The molecule has 18 heavy (non-hydrogen) atoms. The molecule has 1 aromatic heterocycles. The van der Waals surface area contributed by atoms with Crippen LogP contribution in [0.1, 0.15) is 5.56 Å². The Labute approximate surface area is 107 Å². The molecule has 2 aromatic rings. The first-order valence-corrected chi connectivity index (χ1v) is 5.96. The van der Waals surface area contributed by atoms with E-state index in [0.717, 1.165) is 17.9 Å². The van der Waals surface area contributed by atoms with Gasteiger partial charge in [0, 0.05) is 12.1 Å². The standard InChI is InChI=1S/C14H17N3O/c1-11-4-3-5-12(8-11)14-16-9-13(10-17-14)18-7-6-15-2/h3-5,8-10,15H,6-7H2,1-2H3. The number of nitrogens with one attached hydrogen (secondary N) is 1. The molecule has 1 aromatic carbocycles. The maximum atomic E-state index is 5.47. The van der Waals surface area contributed by atoms with Gasteiger partial charge in [-0.15, -0.1) is 0 Å². The van der Waals surface area contributed by atoms with E-state index in [-0.39, 0.29) is 0 Å². The first kappa shape index (κ1) is 12.5. The van der Waals surface area contributed by atoms with Gasteiger partial charge >= 0.3 is 0 Å². The molecule has 1 N–H and O–H groups in total. The van der Waals surface area contributed by atoms with Crippen molar-refractivity contribution in [1.82, 2.24) is 15.3 Å². The average Bonchev–Trinajstić information content (AvgIpc) is 2.40. The molecule has 0 unspecified atom stereocenters. The second-order valence-electron chi connectivity index (χ2n) is 4.06. The van der Waals surface area contributed by atoms with Gasteiger partial charge in [-0.25, -0.2) is 9.97 Å².